The Labute approximate surface area is 123 Å². The Morgan fingerprint density at radius 2 is 2.15 bits per heavy atom. The highest BCUT2D eigenvalue weighted by Crippen LogP contribution is 2.21. The zero-order valence-corrected chi connectivity index (χ0v) is 13.3. The molecule has 0 radical (unpaired) electrons. The molecule has 2 heterocycles. The molecule has 0 aromatic carbocycles. The lowest BCUT2D eigenvalue weighted by atomic mass is 10.0. The topological polar surface area (TPSA) is 36.3 Å². The molecule has 1 N–H and O–H groups in total. The lowest BCUT2D eigenvalue weighted by Gasteiger charge is -2.39. The second-order valence-electron chi connectivity index (χ2n) is 5.81. The van der Waals surface area contributed by atoms with Crippen LogP contribution in [-0.2, 0) is 6.54 Å². The minimum absolute atomic E-state index is 0.342. The van der Waals surface area contributed by atoms with E-state index in [1.807, 2.05) is 6.20 Å². The van der Waals surface area contributed by atoms with Gasteiger partial charge in [0.2, 0.25) is 0 Å². The van der Waals surface area contributed by atoms with Gasteiger partial charge in [0.15, 0.2) is 0 Å². The first-order valence-electron chi connectivity index (χ1n) is 7.78. The third-order valence-corrected chi connectivity index (χ3v) is 4.34. The van der Waals surface area contributed by atoms with Gasteiger partial charge >= 0.3 is 0 Å². The second-order valence-corrected chi connectivity index (χ2v) is 5.81. The van der Waals surface area contributed by atoms with Crippen molar-refractivity contribution in [2.45, 2.75) is 38.9 Å². The fourth-order valence-corrected chi connectivity index (χ4v) is 3.05. The normalized spacial score (nSPS) is 23.1. The summed E-state index contributed by atoms with van der Waals surface area (Å²) in [6, 6.07) is 0.939. The number of imidazole rings is 1. The molecule has 0 spiro atoms. The maximum absolute atomic E-state index is 4.58. The van der Waals surface area contributed by atoms with Gasteiger partial charge in [0.05, 0.1) is 6.04 Å². The molecule has 2 unspecified atom stereocenters. The molecule has 2 atom stereocenters. The summed E-state index contributed by atoms with van der Waals surface area (Å²) in [5, 5.41) is 3.61. The van der Waals surface area contributed by atoms with Gasteiger partial charge in [0, 0.05) is 44.6 Å². The zero-order chi connectivity index (χ0) is 14.5. The summed E-state index contributed by atoms with van der Waals surface area (Å²) in [5.41, 5.74) is 0. The van der Waals surface area contributed by atoms with Crippen LogP contribution in [0.3, 0.4) is 0 Å². The third-order valence-electron chi connectivity index (χ3n) is 4.34. The highest BCUT2D eigenvalue weighted by Gasteiger charge is 2.27. The Balaban J connectivity index is 2.08. The minimum atomic E-state index is 0.342. The zero-order valence-electron chi connectivity index (χ0n) is 13.3. The fourth-order valence-electron chi connectivity index (χ4n) is 3.05. The molecule has 0 amide bonds. The molecule has 0 bridgehead atoms. The van der Waals surface area contributed by atoms with E-state index in [1.54, 1.807) is 0 Å². The summed E-state index contributed by atoms with van der Waals surface area (Å²) in [6.07, 6.45) is 5.11. The van der Waals surface area contributed by atoms with Crippen molar-refractivity contribution in [3.8, 4) is 0 Å². The van der Waals surface area contributed by atoms with Gasteiger partial charge in [-0.3, -0.25) is 0 Å². The van der Waals surface area contributed by atoms with Gasteiger partial charge in [-0.25, -0.2) is 4.98 Å². The summed E-state index contributed by atoms with van der Waals surface area (Å²) >= 11 is 0. The molecule has 114 valence electrons. The van der Waals surface area contributed by atoms with Crippen molar-refractivity contribution >= 4 is 0 Å². The molecular formula is C15H29N5. The first-order chi connectivity index (χ1) is 9.65. The van der Waals surface area contributed by atoms with Crippen LogP contribution in [0, 0.1) is 0 Å². The molecule has 1 fully saturated rings. The lowest BCUT2D eigenvalue weighted by molar-refractivity contribution is 0.1000. The van der Waals surface area contributed by atoms with E-state index in [-0.39, 0.29) is 0 Å². The van der Waals surface area contributed by atoms with E-state index in [4.69, 9.17) is 0 Å². The van der Waals surface area contributed by atoms with Crippen molar-refractivity contribution in [1.29, 1.82) is 0 Å². The van der Waals surface area contributed by atoms with Crippen molar-refractivity contribution in [3.63, 3.8) is 0 Å². The van der Waals surface area contributed by atoms with E-state index in [2.05, 4.69) is 58.8 Å². The smallest absolute Gasteiger partial charge is 0.125 e. The Kier molecular flexibility index (Phi) is 5.57. The number of rotatable bonds is 6. The Hall–Kier alpha value is -0.910. The fraction of sp³-hybridized carbons (Fsp3) is 0.800. The predicted octanol–water partition coefficient (Wildman–Crippen LogP) is 1.19. The highest BCUT2D eigenvalue weighted by molar-refractivity contribution is 5.01. The maximum atomic E-state index is 4.58. The SMILES string of the molecule is CCNC(CC1CN(C)CCN1C)c1nccn1CC. The molecule has 1 aromatic rings. The van der Waals surface area contributed by atoms with Crippen LogP contribution in [0.4, 0.5) is 0 Å². The molecule has 5 heteroatoms. The van der Waals surface area contributed by atoms with E-state index in [9.17, 15) is 0 Å². The summed E-state index contributed by atoms with van der Waals surface area (Å²) in [4.78, 5) is 9.50. The monoisotopic (exact) mass is 279 g/mol. The van der Waals surface area contributed by atoms with E-state index < -0.39 is 0 Å². The molecule has 1 aliphatic heterocycles. The minimum Gasteiger partial charge on any atom is -0.334 e. The van der Waals surface area contributed by atoms with Crippen LogP contribution in [-0.4, -0.2) is 65.7 Å². The molecule has 2 rings (SSSR count). The van der Waals surface area contributed by atoms with Gasteiger partial charge in [-0.2, -0.15) is 0 Å². The van der Waals surface area contributed by atoms with Crippen molar-refractivity contribution in [1.82, 2.24) is 24.7 Å². The quantitative estimate of drug-likeness (QED) is 0.848. The largest absolute Gasteiger partial charge is 0.334 e. The number of hydrogen-bond acceptors (Lipinski definition) is 4. The summed E-state index contributed by atoms with van der Waals surface area (Å²) in [5.74, 6) is 1.18. The number of piperazine rings is 1. The van der Waals surface area contributed by atoms with E-state index in [0.717, 1.165) is 32.6 Å². The van der Waals surface area contributed by atoms with Crippen LogP contribution in [0.15, 0.2) is 12.4 Å². The molecule has 0 aliphatic carbocycles. The van der Waals surface area contributed by atoms with Crippen LogP contribution in [0.5, 0.6) is 0 Å². The van der Waals surface area contributed by atoms with Crippen LogP contribution in [0.2, 0.25) is 0 Å². The van der Waals surface area contributed by atoms with Crippen LogP contribution >= 0.6 is 0 Å². The molecule has 0 saturated carbocycles. The number of likely N-dealkylation sites (N-methyl/N-ethyl adjacent to an activating group) is 2. The van der Waals surface area contributed by atoms with Crippen molar-refractivity contribution in [3.05, 3.63) is 18.2 Å². The third kappa shape index (κ3) is 3.59. The number of hydrogen-bond donors (Lipinski definition) is 1. The van der Waals surface area contributed by atoms with E-state index in [1.165, 1.54) is 12.4 Å². The average Bonchev–Trinajstić information content (AvgIpc) is 2.90. The van der Waals surface area contributed by atoms with E-state index in [0.29, 0.717) is 12.1 Å². The van der Waals surface area contributed by atoms with Crippen LogP contribution in [0.1, 0.15) is 32.1 Å². The van der Waals surface area contributed by atoms with Gasteiger partial charge in [-0.05, 0) is 34.0 Å². The summed E-state index contributed by atoms with van der Waals surface area (Å²) < 4.78 is 2.25. The average molecular weight is 279 g/mol. The molecular weight excluding hydrogens is 250 g/mol. The molecule has 20 heavy (non-hydrogen) atoms. The van der Waals surface area contributed by atoms with Gasteiger partial charge in [0.25, 0.3) is 0 Å². The predicted molar refractivity (Wildman–Crippen MR) is 82.9 cm³/mol. The number of nitrogens with one attached hydrogen (secondary N) is 1. The molecule has 1 saturated heterocycles. The first kappa shape index (κ1) is 15.5. The molecule has 1 aromatic heterocycles. The van der Waals surface area contributed by atoms with Gasteiger partial charge in [0.1, 0.15) is 5.82 Å². The maximum Gasteiger partial charge on any atom is 0.125 e. The number of aryl methyl sites for hydroxylation is 1. The second kappa shape index (κ2) is 7.20. The number of nitrogens with zero attached hydrogens (tertiary/aromatic N) is 4. The Morgan fingerprint density at radius 3 is 2.85 bits per heavy atom. The summed E-state index contributed by atoms with van der Waals surface area (Å²) in [6.45, 7) is 9.78. The first-order valence-corrected chi connectivity index (χ1v) is 7.78. The Bertz CT molecular complexity index is 403. The van der Waals surface area contributed by atoms with Gasteiger partial charge < -0.3 is 19.7 Å². The lowest BCUT2D eigenvalue weighted by Crippen LogP contribution is -2.51. The summed E-state index contributed by atoms with van der Waals surface area (Å²) in [7, 11) is 4.46. The highest BCUT2D eigenvalue weighted by atomic mass is 15.3. The number of aromatic nitrogens is 2. The van der Waals surface area contributed by atoms with Crippen LogP contribution in [0.25, 0.3) is 0 Å². The van der Waals surface area contributed by atoms with E-state index >= 15 is 0 Å². The van der Waals surface area contributed by atoms with Gasteiger partial charge in [-0.1, -0.05) is 6.92 Å². The van der Waals surface area contributed by atoms with Crippen molar-refractivity contribution in [2.24, 2.45) is 0 Å². The standard InChI is InChI=1S/C15H29N5/c1-5-16-14(15-17-7-8-20(15)6-2)11-13-12-18(3)9-10-19(13)4/h7-8,13-14,16H,5-6,9-12H2,1-4H3. The molecule has 1 aliphatic rings. The van der Waals surface area contributed by atoms with Crippen molar-refractivity contribution in [2.75, 3.05) is 40.3 Å². The van der Waals surface area contributed by atoms with Crippen LogP contribution < -0.4 is 5.32 Å². The van der Waals surface area contributed by atoms with Gasteiger partial charge in [-0.15, -0.1) is 0 Å². The Morgan fingerprint density at radius 1 is 1.35 bits per heavy atom. The molecule has 5 nitrogen and oxygen atoms in total. The van der Waals surface area contributed by atoms with Crippen molar-refractivity contribution < 1.29 is 0 Å².